The number of hydrogen-bond donors (Lipinski definition) is 1. The molecular weight excluding hydrogens is 256 g/mol. The smallest absolute Gasteiger partial charge is 0.0410 e. The number of hydrogen-bond acceptors (Lipinski definition) is 2. The molecule has 0 radical (unpaired) electrons. The van der Waals surface area contributed by atoms with Crippen LogP contribution in [0.25, 0.3) is 0 Å². The predicted molar refractivity (Wildman–Crippen MR) is 81.8 cm³/mol. The summed E-state index contributed by atoms with van der Waals surface area (Å²) in [5.41, 5.74) is 8.64. The van der Waals surface area contributed by atoms with Crippen LogP contribution in [0.4, 0.5) is 5.69 Å². The van der Waals surface area contributed by atoms with Crippen molar-refractivity contribution in [2.24, 2.45) is 17.6 Å². The highest BCUT2D eigenvalue weighted by molar-refractivity contribution is 6.30. The van der Waals surface area contributed by atoms with Gasteiger partial charge in [-0.25, -0.2) is 0 Å². The van der Waals surface area contributed by atoms with E-state index in [1.54, 1.807) is 0 Å². The second-order valence-corrected chi connectivity index (χ2v) is 6.75. The van der Waals surface area contributed by atoms with Crippen LogP contribution < -0.4 is 10.6 Å². The molecule has 3 atom stereocenters. The van der Waals surface area contributed by atoms with E-state index in [9.17, 15) is 0 Å². The Labute approximate surface area is 120 Å². The third-order valence-electron chi connectivity index (χ3n) is 4.65. The summed E-state index contributed by atoms with van der Waals surface area (Å²) in [6.07, 6.45) is 5.16. The molecule has 1 aromatic rings. The van der Waals surface area contributed by atoms with Gasteiger partial charge in [0.15, 0.2) is 0 Å². The summed E-state index contributed by atoms with van der Waals surface area (Å²) in [5, 5.41) is 0.818. The van der Waals surface area contributed by atoms with Crippen molar-refractivity contribution >= 4 is 17.3 Å². The molecule has 19 heavy (non-hydrogen) atoms. The molecule has 3 heteroatoms. The van der Waals surface area contributed by atoms with Crippen molar-refractivity contribution < 1.29 is 0 Å². The average molecular weight is 279 g/mol. The van der Waals surface area contributed by atoms with E-state index in [1.165, 1.54) is 43.6 Å². The third kappa shape index (κ3) is 2.75. The standard InChI is InChI=1S/C16H23ClN2/c1-11(18)7-14-8-15(17)5-6-16(14)19-9-12-3-2-4-13(12)10-19/h5-6,8,11-13H,2-4,7,9-10,18H2,1H3. The van der Waals surface area contributed by atoms with E-state index in [4.69, 9.17) is 17.3 Å². The molecule has 1 aromatic carbocycles. The second kappa shape index (κ2) is 5.34. The van der Waals surface area contributed by atoms with Crippen molar-refractivity contribution in [3.8, 4) is 0 Å². The van der Waals surface area contributed by atoms with Crippen LogP contribution in [0, 0.1) is 11.8 Å². The van der Waals surface area contributed by atoms with Gasteiger partial charge in [0.2, 0.25) is 0 Å². The van der Waals surface area contributed by atoms with Crippen LogP contribution in [-0.2, 0) is 6.42 Å². The predicted octanol–water partition coefficient (Wildman–Crippen LogP) is 3.47. The van der Waals surface area contributed by atoms with Crippen LogP contribution in [0.3, 0.4) is 0 Å². The Bertz CT molecular complexity index is 446. The Balaban J connectivity index is 1.84. The van der Waals surface area contributed by atoms with E-state index in [0.29, 0.717) is 0 Å². The van der Waals surface area contributed by atoms with Gasteiger partial charge in [0.1, 0.15) is 0 Å². The topological polar surface area (TPSA) is 29.3 Å². The molecule has 3 unspecified atom stereocenters. The largest absolute Gasteiger partial charge is 0.371 e. The molecule has 1 heterocycles. The molecule has 1 saturated heterocycles. The Morgan fingerprint density at radius 2 is 2.00 bits per heavy atom. The average Bonchev–Trinajstić information content (AvgIpc) is 2.88. The van der Waals surface area contributed by atoms with Crippen LogP contribution in [0.15, 0.2) is 18.2 Å². The normalized spacial score (nSPS) is 27.6. The summed E-state index contributed by atoms with van der Waals surface area (Å²) in [5.74, 6) is 1.83. The lowest BCUT2D eigenvalue weighted by Crippen LogP contribution is -2.24. The van der Waals surface area contributed by atoms with E-state index in [0.717, 1.165) is 23.3 Å². The summed E-state index contributed by atoms with van der Waals surface area (Å²) in [4.78, 5) is 2.56. The van der Waals surface area contributed by atoms with Gasteiger partial charge in [-0.1, -0.05) is 18.0 Å². The van der Waals surface area contributed by atoms with E-state index in [-0.39, 0.29) is 6.04 Å². The molecule has 1 saturated carbocycles. The molecule has 1 aliphatic carbocycles. The third-order valence-corrected chi connectivity index (χ3v) is 4.89. The van der Waals surface area contributed by atoms with Crippen LogP contribution in [-0.4, -0.2) is 19.1 Å². The van der Waals surface area contributed by atoms with Gasteiger partial charge in [-0.05, 0) is 61.8 Å². The molecule has 2 nitrogen and oxygen atoms in total. The Hall–Kier alpha value is -0.730. The van der Waals surface area contributed by atoms with Gasteiger partial charge < -0.3 is 10.6 Å². The molecule has 0 aromatic heterocycles. The first-order valence-corrected chi connectivity index (χ1v) is 7.80. The van der Waals surface area contributed by atoms with Crippen molar-refractivity contribution in [1.82, 2.24) is 0 Å². The molecule has 0 spiro atoms. The summed E-state index contributed by atoms with van der Waals surface area (Å²) in [6.45, 7) is 4.50. The lowest BCUT2D eigenvalue weighted by Gasteiger charge is -2.24. The number of fused-ring (bicyclic) bond motifs is 1. The minimum atomic E-state index is 0.180. The van der Waals surface area contributed by atoms with Gasteiger partial charge in [-0.2, -0.15) is 0 Å². The fourth-order valence-corrected chi connectivity index (χ4v) is 4.00. The fraction of sp³-hybridized carbons (Fsp3) is 0.625. The summed E-state index contributed by atoms with van der Waals surface area (Å²) >= 11 is 6.14. The second-order valence-electron chi connectivity index (χ2n) is 6.31. The van der Waals surface area contributed by atoms with Gasteiger partial charge in [-0.3, -0.25) is 0 Å². The summed E-state index contributed by atoms with van der Waals surface area (Å²) in [7, 11) is 0. The van der Waals surface area contributed by atoms with Crippen molar-refractivity contribution in [3.63, 3.8) is 0 Å². The molecule has 0 bridgehead atoms. The Morgan fingerprint density at radius 3 is 2.63 bits per heavy atom. The van der Waals surface area contributed by atoms with Crippen LogP contribution in [0.1, 0.15) is 31.7 Å². The number of nitrogens with zero attached hydrogens (tertiary/aromatic N) is 1. The highest BCUT2D eigenvalue weighted by Crippen LogP contribution is 2.40. The first-order chi connectivity index (χ1) is 9.13. The number of nitrogens with two attached hydrogens (primary N) is 1. The van der Waals surface area contributed by atoms with Crippen molar-refractivity contribution in [2.45, 2.75) is 38.6 Å². The van der Waals surface area contributed by atoms with Crippen LogP contribution >= 0.6 is 11.6 Å². The molecular formula is C16H23ClN2. The first-order valence-electron chi connectivity index (χ1n) is 7.42. The molecule has 2 fully saturated rings. The molecule has 3 rings (SSSR count). The van der Waals surface area contributed by atoms with Crippen molar-refractivity contribution in [2.75, 3.05) is 18.0 Å². The minimum absolute atomic E-state index is 0.180. The lowest BCUT2D eigenvalue weighted by molar-refractivity contribution is 0.494. The Kier molecular flexibility index (Phi) is 3.72. The Morgan fingerprint density at radius 1 is 1.32 bits per heavy atom. The zero-order valence-corrected chi connectivity index (χ0v) is 12.4. The molecule has 2 N–H and O–H groups in total. The van der Waals surface area contributed by atoms with E-state index >= 15 is 0 Å². The first kappa shape index (κ1) is 13.3. The zero-order valence-electron chi connectivity index (χ0n) is 11.6. The van der Waals surface area contributed by atoms with Gasteiger partial charge >= 0.3 is 0 Å². The maximum atomic E-state index is 6.14. The molecule has 1 aliphatic heterocycles. The van der Waals surface area contributed by atoms with Gasteiger partial charge in [0, 0.05) is 29.8 Å². The van der Waals surface area contributed by atoms with Gasteiger partial charge in [-0.15, -0.1) is 0 Å². The number of anilines is 1. The zero-order chi connectivity index (χ0) is 13.4. The number of halogens is 1. The van der Waals surface area contributed by atoms with E-state index in [2.05, 4.69) is 24.0 Å². The minimum Gasteiger partial charge on any atom is -0.371 e. The quantitative estimate of drug-likeness (QED) is 0.917. The van der Waals surface area contributed by atoms with Crippen molar-refractivity contribution in [1.29, 1.82) is 0 Å². The maximum Gasteiger partial charge on any atom is 0.0410 e. The molecule has 104 valence electrons. The summed E-state index contributed by atoms with van der Waals surface area (Å²) < 4.78 is 0. The van der Waals surface area contributed by atoms with Gasteiger partial charge in [0.05, 0.1) is 0 Å². The SMILES string of the molecule is CC(N)Cc1cc(Cl)ccc1N1CC2CCCC2C1. The molecule has 0 amide bonds. The lowest BCUT2D eigenvalue weighted by atomic mass is 10.0. The highest BCUT2D eigenvalue weighted by atomic mass is 35.5. The van der Waals surface area contributed by atoms with Crippen LogP contribution in [0.2, 0.25) is 5.02 Å². The van der Waals surface area contributed by atoms with E-state index in [1.807, 2.05) is 6.07 Å². The number of rotatable bonds is 3. The van der Waals surface area contributed by atoms with Crippen LogP contribution in [0.5, 0.6) is 0 Å². The molecule has 2 aliphatic rings. The monoisotopic (exact) mass is 278 g/mol. The maximum absolute atomic E-state index is 6.14. The van der Waals surface area contributed by atoms with E-state index < -0.39 is 0 Å². The highest BCUT2D eigenvalue weighted by Gasteiger charge is 2.36. The van der Waals surface area contributed by atoms with Crippen molar-refractivity contribution in [3.05, 3.63) is 28.8 Å². The number of benzene rings is 1. The fourth-order valence-electron chi connectivity index (χ4n) is 3.80. The summed E-state index contributed by atoms with van der Waals surface area (Å²) in [6, 6.07) is 6.46. The van der Waals surface area contributed by atoms with Gasteiger partial charge in [0.25, 0.3) is 0 Å².